The van der Waals surface area contributed by atoms with E-state index in [9.17, 15) is 9.59 Å². The molecule has 1 aromatic rings. The second kappa shape index (κ2) is 5.27. The summed E-state index contributed by atoms with van der Waals surface area (Å²) >= 11 is 0. The van der Waals surface area contributed by atoms with E-state index in [1.807, 2.05) is 24.0 Å². The summed E-state index contributed by atoms with van der Waals surface area (Å²) in [6.45, 7) is 3.26. The van der Waals surface area contributed by atoms with Gasteiger partial charge in [0.15, 0.2) is 0 Å². The van der Waals surface area contributed by atoms with Crippen LogP contribution in [0.4, 0.5) is 5.69 Å². The van der Waals surface area contributed by atoms with Crippen LogP contribution in [0.15, 0.2) is 18.2 Å². The minimum Gasteiger partial charge on any atom is -0.352 e. The molecule has 1 N–H and O–H groups in total. The molecule has 4 nitrogen and oxygen atoms in total. The Balaban J connectivity index is 1.67. The predicted molar refractivity (Wildman–Crippen MR) is 77.4 cm³/mol. The normalized spacial score (nSPS) is 16.9. The van der Waals surface area contributed by atoms with Gasteiger partial charge in [-0.3, -0.25) is 9.59 Å². The quantitative estimate of drug-likeness (QED) is 0.911. The first kappa shape index (κ1) is 13.2. The van der Waals surface area contributed by atoms with Gasteiger partial charge in [0.2, 0.25) is 11.8 Å². The van der Waals surface area contributed by atoms with Crippen molar-refractivity contribution in [3.05, 3.63) is 29.3 Å². The topological polar surface area (TPSA) is 49.4 Å². The third-order valence-corrected chi connectivity index (χ3v) is 4.06. The van der Waals surface area contributed by atoms with Crippen molar-refractivity contribution in [2.45, 2.75) is 39.2 Å². The monoisotopic (exact) mass is 272 g/mol. The Bertz CT molecular complexity index is 549. The summed E-state index contributed by atoms with van der Waals surface area (Å²) < 4.78 is 0. The lowest BCUT2D eigenvalue weighted by molar-refractivity contribution is -0.122. The number of benzene rings is 1. The lowest BCUT2D eigenvalue weighted by Crippen LogP contribution is -2.27. The molecule has 2 amide bonds. The average Bonchev–Trinajstić information content (AvgIpc) is 3.24. The highest BCUT2D eigenvalue weighted by Crippen LogP contribution is 2.30. The largest absolute Gasteiger partial charge is 0.352 e. The van der Waals surface area contributed by atoms with E-state index in [0.717, 1.165) is 37.1 Å². The molecule has 1 saturated carbocycles. The smallest absolute Gasteiger partial charge is 0.226 e. The van der Waals surface area contributed by atoms with E-state index in [0.29, 0.717) is 13.0 Å². The van der Waals surface area contributed by atoms with E-state index in [2.05, 4.69) is 11.4 Å². The minimum atomic E-state index is 0.174. The van der Waals surface area contributed by atoms with Crippen LogP contribution in [0.1, 0.15) is 37.3 Å². The molecule has 0 radical (unpaired) electrons. The third kappa shape index (κ3) is 2.55. The Morgan fingerprint density at radius 1 is 1.35 bits per heavy atom. The number of hydrogen-bond acceptors (Lipinski definition) is 2. The molecule has 1 fully saturated rings. The number of nitrogens with one attached hydrogen (secondary N) is 1. The Labute approximate surface area is 119 Å². The number of nitrogens with zero attached hydrogens (tertiary/aromatic N) is 1. The fraction of sp³-hybridized carbons (Fsp3) is 0.500. The zero-order valence-electron chi connectivity index (χ0n) is 11.8. The number of carbonyl (C=O) groups excluding carboxylic acids is 2. The van der Waals surface area contributed by atoms with Crippen LogP contribution in [0.3, 0.4) is 0 Å². The summed E-state index contributed by atoms with van der Waals surface area (Å²) in [5, 5.41) is 2.98. The molecule has 0 aromatic heterocycles. The molecule has 0 unspecified atom stereocenters. The van der Waals surface area contributed by atoms with E-state index in [1.165, 1.54) is 5.56 Å². The molecule has 4 heteroatoms. The summed E-state index contributed by atoms with van der Waals surface area (Å²) in [7, 11) is 0. The zero-order valence-corrected chi connectivity index (χ0v) is 11.8. The van der Waals surface area contributed by atoms with Gasteiger partial charge >= 0.3 is 0 Å². The van der Waals surface area contributed by atoms with Crippen LogP contribution in [0, 0.1) is 5.92 Å². The Morgan fingerprint density at radius 2 is 2.15 bits per heavy atom. The minimum absolute atomic E-state index is 0.174. The van der Waals surface area contributed by atoms with Crippen LogP contribution in [0.25, 0.3) is 0 Å². The Morgan fingerprint density at radius 3 is 2.85 bits per heavy atom. The highest BCUT2D eigenvalue weighted by Gasteiger charge is 2.29. The van der Waals surface area contributed by atoms with Crippen LogP contribution < -0.4 is 10.2 Å². The van der Waals surface area contributed by atoms with Gasteiger partial charge < -0.3 is 10.2 Å². The highest BCUT2D eigenvalue weighted by molar-refractivity contribution is 5.95. The van der Waals surface area contributed by atoms with E-state index in [-0.39, 0.29) is 17.7 Å². The Kier molecular flexibility index (Phi) is 3.47. The standard InChI is InChI=1S/C16H20N2O2/c1-2-15(19)18-8-7-13-9-11(3-6-14(13)18)10-17-16(20)12-4-5-12/h3,6,9,12H,2,4-5,7-8,10H2,1H3,(H,17,20). The van der Waals surface area contributed by atoms with Gasteiger partial charge in [-0.1, -0.05) is 19.1 Å². The molecule has 1 aliphatic carbocycles. The van der Waals surface area contributed by atoms with Crippen LogP contribution >= 0.6 is 0 Å². The molecule has 0 spiro atoms. The summed E-state index contributed by atoms with van der Waals surface area (Å²) in [6, 6.07) is 6.13. The lowest BCUT2D eigenvalue weighted by atomic mass is 10.1. The maximum atomic E-state index is 11.8. The molecule has 1 heterocycles. The van der Waals surface area contributed by atoms with Crippen LogP contribution in [0.5, 0.6) is 0 Å². The number of carbonyl (C=O) groups is 2. The van der Waals surface area contributed by atoms with Crippen molar-refractivity contribution >= 4 is 17.5 Å². The van der Waals surface area contributed by atoms with E-state index >= 15 is 0 Å². The highest BCUT2D eigenvalue weighted by atomic mass is 16.2. The first-order valence-corrected chi connectivity index (χ1v) is 7.39. The van der Waals surface area contributed by atoms with Crippen molar-refractivity contribution in [3.63, 3.8) is 0 Å². The molecule has 1 aliphatic heterocycles. The molecule has 1 aromatic carbocycles. The van der Waals surface area contributed by atoms with Gasteiger partial charge in [0.1, 0.15) is 0 Å². The summed E-state index contributed by atoms with van der Waals surface area (Å²) in [6.07, 6.45) is 3.51. The van der Waals surface area contributed by atoms with E-state index < -0.39 is 0 Å². The fourth-order valence-electron chi connectivity index (χ4n) is 2.69. The molecule has 2 aliphatic rings. The van der Waals surface area contributed by atoms with Crippen LogP contribution in [-0.2, 0) is 22.6 Å². The summed E-state index contributed by atoms with van der Waals surface area (Å²) in [5.41, 5.74) is 3.36. The first-order chi connectivity index (χ1) is 9.69. The van der Waals surface area contributed by atoms with Crippen molar-refractivity contribution in [2.24, 2.45) is 5.92 Å². The average molecular weight is 272 g/mol. The van der Waals surface area contributed by atoms with Crippen LogP contribution in [-0.4, -0.2) is 18.4 Å². The van der Waals surface area contributed by atoms with Crippen molar-refractivity contribution < 1.29 is 9.59 Å². The molecular weight excluding hydrogens is 252 g/mol. The Hall–Kier alpha value is -1.84. The number of hydrogen-bond donors (Lipinski definition) is 1. The predicted octanol–water partition coefficient (Wildman–Crippen LogP) is 2.01. The third-order valence-electron chi connectivity index (χ3n) is 4.06. The fourth-order valence-corrected chi connectivity index (χ4v) is 2.69. The van der Waals surface area contributed by atoms with E-state index in [4.69, 9.17) is 0 Å². The van der Waals surface area contributed by atoms with Crippen molar-refractivity contribution in [3.8, 4) is 0 Å². The molecule has 0 bridgehead atoms. The number of rotatable bonds is 4. The number of anilines is 1. The van der Waals surface area contributed by atoms with Crippen molar-refractivity contribution in [2.75, 3.05) is 11.4 Å². The molecule has 20 heavy (non-hydrogen) atoms. The molecule has 0 atom stereocenters. The van der Waals surface area contributed by atoms with Gasteiger partial charge in [-0.15, -0.1) is 0 Å². The molecular formula is C16H20N2O2. The van der Waals surface area contributed by atoms with Crippen molar-refractivity contribution in [1.29, 1.82) is 0 Å². The van der Waals surface area contributed by atoms with Gasteiger partial charge in [-0.2, -0.15) is 0 Å². The lowest BCUT2D eigenvalue weighted by Gasteiger charge is -2.16. The second-order valence-corrected chi connectivity index (χ2v) is 5.60. The molecule has 3 rings (SSSR count). The zero-order chi connectivity index (χ0) is 14.1. The maximum Gasteiger partial charge on any atom is 0.226 e. The van der Waals surface area contributed by atoms with Crippen molar-refractivity contribution in [1.82, 2.24) is 5.32 Å². The van der Waals surface area contributed by atoms with Gasteiger partial charge in [0.25, 0.3) is 0 Å². The molecule has 106 valence electrons. The second-order valence-electron chi connectivity index (χ2n) is 5.60. The van der Waals surface area contributed by atoms with E-state index in [1.54, 1.807) is 0 Å². The molecule has 0 saturated heterocycles. The number of fused-ring (bicyclic) bond motifs is 1. The van der Waals surface area contributed by atoms with Gasteiger partial charge in [-0.25, -0.2) is 0 Å². The van der Waals surface area contributed by atoms with Gasteiger partial charge in [0, 0.05) is 31.1 Å². The van der Waals surface area contributed by atoms with Crippen LogP contribution in [0.2, 0.25) is 0 Å². The number of amides is 2. The summed E-state index contributed by atoms with van der Waals surface area (Å²) in [4.78, 5) is 25.3. The SMILES string of the molecule is CCC(=O)N1CCc2cc(CNC(=O)C3CC3)ccc21. The van der Waals surface area contributed by atoms with Gasteiger partial charge in [0.05, 0.1) is 0 Å². The first-order valence-electron chi connectivity index (χ1n) is 7.39. The summed E-state index contributed by atoms with van der Waals surface area (Å²) in [5.74, 6) is 0.605. The van der Waals surface area contributed by atoms with Gasteiger partial charge in [-0.05, 0) is 36.5 Å². The maximum absolute atomic E-state index is 11.8.